The zero-order valence-electron chi connectivity index (χ0n) is 12.4. The van der Waals surface area contributed by atoms with E-state index in [0.29, 0.717) is 6.10 Å². The van der Waals surface area contributed by atoms with Gasteiger partial charge in [-0.3, -0.25) is 0 Å². The summed E-state index contributed by atoms with van der Waals surface area (Å²) in [7, 11) is 0. The van der Waals surface area contributed by atoms with Crippen LogP contribution in [-0.2, 0) is 11.2 Å². The molecule has 1 fully saturated rings. The lowest BCUT2D eigenvalue weighted by atomic mass is 9.97. The van der Waals surface area contributed by atoms with Crippen molar-refractivity contribution < 1.29 is 4.74 Å². The normalized spacial score (nSPS) is 16.6. The lowest BCUT2D eigenvalue weighted by molar-refractivity contribution is 0.0304. The average Bonchev–Trinajstić information content (AvgIpc) is 2.49. The van der Waals surface area contributed by atoms with E-state index in [1.54, 1.807) is 0 Å². The van der Waals surface area contributed by atoms with Gasteiger partial charge in [0.25, 0.3) is 0 Å². The Hall–Kier alpha value is -1.34. The number of aryl methyl sites for hydroxylation is 1. The Bertz CT molecular complexity index is 562. The molecular weight excluding hydrogens is 244 g/mol. The van der Waals surface area contributed by atoms with Crippen molar-refractivity contribution in [1.29, 1.82) is 0 Å². The van der Waals surface area contributed by atoms with E-state index in [1.807, 2.05) is 0 Å². The molecule has 0 bridgehead atoms. The first-order valence-corrected chi connectivity index (χ1v) is 7.93. The fourth-order valence-corrected chi connectivity index (χ4v) is 3.39. The van der Waals surface area contributed by atoms with Crippen molar-refractivity contribution in [3.05, 3.63) is 47.5 Å². The Balaban J connectivity index is 1.68. The van der Waals surface area contributed by atoms with Gasteiger partial charge in [0.1, 0.15) is 0 Å². The van der Waals surface area contributed by atoms with Gasteiger partial charge >= 0.3 is 0 Å². The molecule has 1 aliphatic carbocycles. The van der Waals surface area contributed by atoms with Gasteiger partial charge in [0.05, 0.1) is 12.7 Å². The van der Waals surface area contributed by atoms with E-state index < -0.39 is 0 Å². The third-order valence-corrected chi connectivity index (χ3v) is 4.48. The Morgan fingerprint density at radius 3 is 2.55 bits per heavy atom. The van der Waals surface area contributed by atoms with E-state index >= 15 is 0 Å². The molecule has 2 aromatic carbocycles. The summed E-state index contributed by atoms with van der Waals surface area (Å²) in [5, 5.41) is 2.77. The van der Waals surface area contributed by atoms with Crippen molar-refractivity contribution in [3.63, 3.8) is 0 Å². The molecule has 1 nitrogen and oxygen atoms in total. The molecule has 0 aromatic heterocycles. The minimum absolute atomic E-state index is 0.514. The lowest BCUT2D eigenvalue weighted by Gasteiger charge is -2.22. The molecule has 2 aromatic rings. The molecule has 0 atom stereocenters. The molecule has 0 radical (unpaired) electrons. The predicted octanol–water partition coefficient (Wildman–Crippen LogP) is 5.04. The van der Waals surface area contributed by atoms with Crippen molar-refractivity contribution in [1.82, 2.24) is 0 Å². The minimum Gasteiger partial charge on any atom is -0.378 e. The maximum absolute atomic E-state index is 6.08. The molecule has 0 unspecified atom stereocenters. The van der Waals surface area contributed by atoms with Gasteiger partial charge in [0.2, 0.25) is 0 Å². The molecule has 0 spiro atoms. The van der Waals surface area contributed by atoms with E-state index in [4.69, 9.17) is 4.74 Å². The van der Waals surface area contributed by atoms with Crippen LogP contribution in [0.3, 0.4) is 0 Å². The zero-order valence-corrected chi connectivity index (χ0v) is 12.4. The minimum atomic E-state index is 0.514. The average molecular weight is 268 g/mol. The molecule has 106 valence electrons. The summed E-state index contributed by atoms with van der Waals surface area (Å²) in [6.45, 7) is 3.06. The first-order chi connectivity index (χ1) is 9.84. The summed E-state index contributed by atoms with van der Waals surface area (Å²) in [5.41, 5.74) is 2.80. The van der Waals surface area contributed by atoms with Crippen LogP contribution in [0, 0.1) is 6.92 Å². The van der Waals surface area contributed by atoms with Gasteiger partial charge < -0.3 is 4.74 Å². The van der Waals surface area contributed by atoms with Crippen LogP contribution >= 0.6 is 0 Å². The molecule has 20 heavy (non-hydrogen) atoms. The molecule has 0 N–H and O–H groups in total. The summed E-state index contributed by atoms with van der Waals surface area (Å²) >= 11 is 0. The summed E-state index contributed by atoms with van der Waals surface area (Å²) in [6, 6.07) is 13.2. The largest absolute Gasteiger partial charge is 0.378 e. The molecule has 3 rings (SSSR count). The van der Waals surface area contributed by atoms with E-state index in [2.05, 4.69) is 43.3 Å². The van der Waals surface area contributed by atoms with Crippen LogP contribution in [0.5, 0.6) is 0 Å². The van der Waals surface area contributed by atoms with E-state index in [1.165, 1.54) is 54.0 Å². The fraction of sp³-hybridized carbons (Fsp3) is 0.474. The lowest BCUT2D eigenvalue weighted by Crippen LogP contribution is -2.18. The molecule has 0 heterocycles. The second kappa shape index (κ2) is 6.41. The first-order valence-electron chi connectivity index (χ1n) is 7.93. The number of hydrogen-bond donors (Lipinski definition) is 0. The third kappa shape index (κ3) is 3.04. The Kier molecular flexibility index (Phi) is 4.37. The summed E-state index contributed by atoms with van der Waals surface area (Å²) in [4.78, 5) is 0. The van der Waals surface area contributed by atoms with Crippen molar-refractivity contribution in [2.45, 2.75) is 51.6 Å². The Morgan fingerprint density at radius 2 is 1.75 bits per heavy atom. The molecule has 0 saturated heterocycles. The van der Waals surface area contributed by atoms with Gasteiger partial charge in [-0.15, -0.1) is 0 Å². The highest BCUT2D eigenvalue weighted by atomic mass is 16.5. The SMILES string of the molecule is Cc1cccc2cccc(CCOC3CCCCC3)c12. The highest BCUT2D eigenvalue weighted by molar-refractivity contribution is 5.88. The molecular formula is C19H24O. The van der Waals surface area contributed by atoms with Crippen LogP contribution < -0.4 is 0 Å². The molecule has 1 heteroatoms. The molecule has 1 saturated carbocycles. The van der Waals surface area contributed by atoms with Crippen molar-refractivity contribution in [2.75, 3.05) is 6.61 Å². The van der Waals surface area contributed by atoms with Crippen LogP contribution in [0.25, 0.3) is 10.8 Å². The molecule has 0 amide bonds. The summed E-state index contributed by atoms with van der Waals surface area (Å²) < 4.78 is 6.08. The van der Waals surface area contributed by atoms with E-state index in [-0.39, 0.29) is 0 Å². The standard InChI is InChI=1S/C19H24O/c1-15-7-5-8-16-9-6-10-17(19(15)16)13-14-20-18-11-3-2-4-12-18/h5-10,18H,2-4,11-14H2,1H3. The highest BCUT2D eigenvalue weighted by Gasteiger charge is 2.13. The van der Waals surface area contributed by atoms with E-state index in [9.17, 15) is 0 Å². The maximum atomic E-state index is 6.08. The van der Waals surface area contributed by atoms with Crippen molar-refractivity contribution in [2.24, 2.45) is 0 Å². The number of rotatable bonds is 4. The number of fused-ring (bicyclic) bond motifs is 1. The Morgan fingerprint density at radius 1 is 1.00 bits per heavy atom. The van der Waals surface area contributed by atoms with Gasteiger partial charge in [0, 0.05) is 0 Å². The van der Waals surface area contributed by atoms with Gasteiger partial charge in [-0.1, -0.05) is 55.7 Å². The highest BCUT2D eigenvalue weighted by Crippen LogP contribution is 2.24. The smallest absolute Gasteiger partial charge is 0.0575 e. The topological polar surface area (TPSA) is 9.23 Å². The fourth-order valence-electron chi connectivity index (χ4n) is 3.39. The predicted molar refractivity (Wildman–Crippen MR) is 85.2 cm³/mol. The zero-order chi connectivity index (χ0) is 13.8. The molecule has 1 aliphatic rings. The first kappa shape index (κ1) is 13.6. The van der Waals surface area contributed by atoms with Crippen LogP contribution in [0.2, 0.25) is 0 Å². The van der Waals surface area contributed by atoms with Crippen LogP contribution in [0.4, 0.5) is 0 Å². The van der Waals surface area contributed by atoms with Crippen LogP contribution in [0.1, 0.15) is 43.2 Å². The van der Waals surface area contributed by atoms with E-state index in [0.717, 1.165) is 13.0 Å². The van der Waals surface area contributed by atoms with Gasteiger partial charge in [-0.2, -0.15) is 0 Å². The van der Waals surface area contributed by atoms with Gasteiger partial charge in [-0.25, -0.2) is 0 Å². The number of hydrogen-bond acceptors (Lipinski definition) is 1. The quantitative estimate of drug-likeness (QED) is 0.754. The molecule has 0 aliphatic heterocycles. The van der Waals surface area contributed by atoms with Gasteiger partial charge in [-0.05, 0) is 48.1 Å². The second-order valence-corrected chi connectivity index (χ2v) is 5.97. The second-order valence-electron chi connectivity index (χ2n) is 5.97. The van der Waals surface area contributed by atoms with Crippen LogP contribution in [0.15, 0.2) is 36.4 Å². The van der Waals surface area contributed by atoms with Crippen LogP contribution in [-0.4, -0.2) is 12.7 Å². The Labute approximate surface area is 122 Å². The van der Waals surface area contributed by atoms with Gasteiger partial charge in [0.15, 0.2) is 0 Å². The van der Waals surface area contributed by atoms with Crippen molar-refractivity contribution >= 4 is 10.8 Å². The monoisotopic (exact) mass is 268 g/mol. The van der Waals surface area contributed by atoms with Crippen molar-refractivity contribution in [3.8, 4) is 0 Å². The number of ether oxygens (including phenoxy) is 1. The summed E-state index contributed by atoms with van der Waals surface area (Å²) in [6.07, 6.45) is 8.14. The maximum Gasteiger partial charge on any atom is 0.0575 e. The number of benzene rings is 2. The summed E-state index contributed by atoms with van der Waals surface area (Å²) in [5.74, 6) is 0. The third-order valence-electron chi connectivity index (χ3n) is 4.48.